The molecule has 2 fully saturated rings. The zero-order valence-corrected chi connectivity index (χ0v) is 22.2. The van der Waals surface area contributed by atoms with E-state index in [2.05, 4.69) is 30.5 Å². The summed E-state index contributed by atoms with van der Waals surface area (Å²) in [6, 6.07) is 8.94. The van der Waals surface area contributed by atoms with Crippen LogP contribution in [0.1, 0.15) is 65.2 Å². The van der Waals surface area contributed by atoms with Crippen LogP contribution in [0.25, 0.3) is 22.2 Å². The lowest BCUT2D eigenvalue weighted by molar-refractivity contribution is -0.136. The van der Waals surface area contributed by atoms with Gasteiger partial charge in [-0.05, 0) is 81.2 Å². The second-order valence-corrected chi connectivity index (χ2v) is 10.8. The molecule has 37 heavy (non-hydrogen) atoms. The maximum Gasteiger partial charge on any atom is 0.219 e. The fourth-order valence-corrected chi connectivity index (χ4v) is 6.44. The van der Waals surface area contributed by atoms with E-state index >= 15 is 0 Å². The van der Waals surface area contributed by atoms with Crippen molar-refractivity contribution in [2.24, 2.45) is 0 Å². The minimum atomic E-state index is 0.0254. The van der Waals surface area contributed by atoms with Crippen molar-refractivity contribution in [2.45, 2.75) is 89.4 Å². The predicted octanol–water partition coefficient (Wildman–Crippen LogP) is 5.30. The van der Waals surface area contributed by atoms with Gasteiger partial charge in [0.2, 0.25) is 11.8 Å². The molecule has 0 spiro atoms. The Bertz CT molecular complexity index is 1260. The van der Waals surface area contributed by atoms with Crippen LogP contribution in [-0.2, 0) is 9.59 Å². The number of hydrogen-bond acceptors (Lipinski definition) is 5. The number of fused-ring (bicyclic) bond motifs is 1. The van der Waals surface area contributed by atoms with Crippen LogP contribution in [0.2, 0.25) is 5.15 Å². The molecule has 2 saturated carbocycles. The van der Waals surface area contributed by atoms with Gasteiger partial charge in [0.25, 0.3) is 0 Å². The van der Waals surface area contributed by atoms with Gasteiger partial charge in [0, 0.05) is 61.4 Å². The van der Waals surface area contributed by atoms with Gasteiger partial charge in [0.05, 0.1) is 0 Å². The number of aromatic amines is 1. The van der Waals surface area contributed by atoms with E-state index in [1.54, 1.807) is 20.0 Å². The summed E-state index contributed by atoms with van der Waals surface area (Å²) in [6.45, 7) is 3.27. The van der Waals surface area contributed by atoms with Crippen LogP contribution in [0.3, 0.4) is 0 Å². The maximum atomic E-state index is 12.7. The van der Waals surface area contributed by atoms with Crippen molar-refractivity contribution in [1.82, 2.24) is 25.2 Å². The third-order valence-electron chi connectivity index (χ3n) is 7.86. The molecular weight excluding hydrogens is 488 g/mol. The SMILES string of the molecule is CC(=O)NC1CCC(N(C(C)=O)C2CCC(Nc3cc(-c4c[nH]c5ncccc45)cc(Cl)n3)CC2)CC1. The zero-order chi connectivity index (χ0) is 25.9. The minimum Gasteiger partial charge on any atom is -0.367 e. The lowest BCUT2D eigenvalue weighted by Crippen LogP contribution is -2.51. The van der Waals surface area contributed by atoms with E-state index in [1.165, 1.54) is 0 Å². The van der Waals surface area contributed by atoms with E-state index in [1.807, 2.05) is 30.5 Å². The number of halogens is 1. The molecule has 0 aliphatic heterocycles. The number of amides is 2. The van der Waals surface area contributed by atoms with Crippen LogP contribution in [0, 0.1) is 0 Å². The quantitative estimate of drug-likeness (QED) is 0.381. The molecule has 3 aromatic heterocycles. The molecule has 2 aliphatic carbocycles. The van der Waals surface area contributed by atoms with Gasteiger partial charge in [-0.25, -0.2) is 9.97 Å². The molecule has 2 amide bonds. The Labute approximate surface area is 222 Å². The summed E-state index contributed by atoms with van der Waals surface area (Å²) in [5, 5.41) is 8.13. The average Bonchev–Trinajstić information content (AvgIpc) is 3.30. The van der Waals surface area contributed by atoms with E-state index in [0.29, 0.717) is 5.15 Å². The number of nitrogens with zero attached hydrogens (tertiary/aromatic N) is 3. The van der Waals surface area contributed by atoms with Crippen LogP contribution in [-0.4, -0.2) is 55.8 Å². The van der Waals surface area contributed by atoms with Crippen LogP contribution >= 0.6 is 11.6 Å². The first kappa shape index (κ1) is 25.5. The Hall–Kier alpha value is -3.13. The van der Waals surface area contributed by atoms with Crippen LogP contribution in [0.4, 0.5) is 5.82 Å². The van der Waals surface area contributed by atoms with Gasteiger partial charge >= 0.3 is 0 Å². The highest BCUT2D eigenvalue weighted by Crippen LogP contribution is 2.34. The van der Waals surface area contributed by atoms with Gasteiger partial charge in [-0.3, -0.25) is 9.59 Å². The lowest BCUT2D eigenvalue weighted by atomic mass is 9.85. The number of anilines is 1. The van der Waals surface area contributed by atoms with Crippen LogP contribution in [0.15, 0.2) is 36.7 Å². The Kier molecular flexibility index (Phi) is 7.65. The second kappa shape index (κ2) is 11.1. The van der Waals surface area contributed by atoms with E-state index in [0.717, 1.165) is 79.3 Å². The summed E-state index contributed by atoms with van der Waals surface area (Å²) < 4.78 is 0. The summed E-state index contributed by atoms with van der Waals surface area (Å²) in [5.74, 6) is 0.954. The summed E-state index contributed by atoms with van der Waals surface area (Å²) >= 11 is 6.42. The van der Waals surface area contributed by atoms with Crippen LogP contribution < -0.4 is 10.6 Å². The summed E-state index contributed by atoms with van der Waals surface area (Å²) in [5.41, 5.74) is 2.88. The Morgan fingerprint density at radius 3 is 2.32 bits per heavy atom. The van der Waals surface area contributed by atoms with Crippen molar-refractivity contribution < 1.29 is 9.59 Å². The number of hydrogen-bond donors (Lipinski definition) is 3. The maximum absolute atomic E-state index is 12.7. The molecule has 0 aromatic carbocycles. The molecule has 3 N–H and O–H groups in total. The van der Waals surface area contributed by atoms with Crippen molar-refractivity contribution in [3.05, 3.63) is 41.8 Å². The van der Waals surface area contributed by atoms with Crippen molar-refractivity contribution in [3.8, 4) is 11.1 Å². The number of rotatable bonds is 6. The minimum absolute atomic E-state index is 0.0254. The molecule has 9 heteroatoms. The fourth-order valence-electron chi connectivity index (χ4n) is 6.23. The van der Waals surface area contributed by atoms with E-state index in [-0.39, 0.29) is 36.0 Å². The van der Waals surface area contributed by atoms with Crippen molar-refractivity contribution in [1.29, 1.82) is 0 Å². The molecule has 3 heterocycles. The first-order valence-corrected chi connectivity index (χ1v) is 13.7. The smallest absolute Gasteiger partial charge is 0.219 e. The highest BCUT2D eigenvalue weighted by atomic mass is 35.5. The monoisotopic (exact) mass is 522 g/mol. The van der Waals surface area contributed by atoms with Crippen molar-refractivity contribution in [2.75, 3.05) is 5.32 Å². The van der Waals surface area contributed by atoms with Crippen molar-refractivity contribution >= 4 is 40.3 Å². The first-order valence-electron chi connectivity index (χ1n) is 13.3. The Morgan fingerprint density at radius 2 is 1.68 bits per heavy atom. The molecular formula is C28H35ClN6O2. The standard InChI is InChI=1S/C28H35ClN6O2/c1-17(36)32-20-5-9-22(10-6-20)35(18(2)37)23-11-7-21(8-12-23)33-27-15-19(14-26(29)34-27)25-16-31-28-24(25)4-3-13-30-28/h3-4,13-16,20-23H,5-12H2,1-2H3,(H,30,31)(H,32,36)(H,33,34). The second-order valence-electron chi connectivity index (χ2n) is 10.4. The molecule has 0 bridgehead atoms. The van der Waals surface area contributed by atoms with Gasteiger partial charge in [-0.15, -0.1) is 0 Å². The fraction of sp³-hybridized carbons (Fsp3) is 0.500. The van der Waals surface area contributed by atoms with Crippen LogP contribution in [0.5, 0.6) is 0 Å². The molecule has 3 aromatic rings. The molecule has 8 nitrogen and oxygen atoms in total. The normalized spacial score (nSPS) is 24.0. The lowest BCUT2D eigenvalue weighted by Gasteiger charge is -2.43. The molecule has 0 unspecified atom stereocenters. The zero-order valence-electron chi connectivity index (χ0n) is 21.5. The third kappa shape index (κ3) is 5.90. The van der Waals surface area contributed by atoms with E-state index in [9.17, 15) is 9.59 Å². The van der Waals surface area contributed by atoms with Gasteiger partial charge in [-0.2, -0.15) is 0 Å². The van der Waals surface area contributed by atoms with Gasteiger partial charge < -0.3 is 20.5 Å². The van der Waals surface area contributed by atoms with Gasteiger partial charge in [0.1, 0.15) is 16.6 Å². The van der Waals surface area contributed by atoms with E-state index < -0.39 is 0 Å². The summed E-state index contributed by atoms with van der Waals surface area (Å²) in [6.07, 6.45) is 11.3. The third-order valence-corrected chi connectivity index (χ3v) is 8.05. The summed E-state index contributed by atoms with van der Waals surface area (Å²) in [7, 11) is 0. The summed E-state index contributed by atoms with van der Waals surface area (Å²) in [4.78, 5) is 38.3. The number of carbonyl (C=O) groups is 2. The predicted molar refractivity (Wildman–Crippen MR) is 146 cm³/mol. The molecule has 2 aliphatic rings. The molecule has 5 rings (SSSR count). The highest BCUT2D eigenvalue weighted by Gasteiger charge is 2.34. The average molecular weight is 523 g/mol. The van der Waals surface area contributed by atoms with Crippen molar-refractivity contribution in [3.63, 3.8) is 0 Å². The molecule has 0 saturated heterocycles. The Morgan fingerprint density at radius 1 is 1.00 bits per heavy atom. The number of nitrogens with one attached hydrogen (secondary N) is 3. The largest absolute Gasteiger partial charge is 0.367 e. The molecule has 196 valence electrons. The van der Waals surface area contributed by atoms with Gasteiger partial charge in [0.15, 0.2) is 0 Å². The topological polar surface area (TPSA) is 103 Å². The Balaban J connectivity index is 1.21. The van der Waals surface area contributed by atoms with E-state index in [4.69, 9.17) is 11.6 Å². The number of aromatic nitrogens is 3. The highest BCUT2D eigenvalue weighted by molar-refractivity contribution is 6.29. The molecule has 0 atom stereocenters. The molecule has 0 radical (unpaired) electrons. The first-order chi connectivity index (χ1) is 17.9. The number of H-pyrrole nitrogens is 1. The van der Waals surface area contributed by atoms with Gasteiger partial charge in [-0.1, -0.05) is 11.6 Å². The number of pyridine rings is 2. The number of carbonyl (C=O) groups excluding carboxylic acids is 2.